The second-order valence-corrected chi connectivity index (χ2v) is 7.49. The van der Waals surface area contributed by atoms with Crippen molar-refractivity contribution < 1.29 is 8.42 Å². The molecular formula is C12H22N2O2S2. The van der Waals surface area contributed by atoms with Crippen LogP contribution in [-0.2, 0) is 16.4 Å². The molecule has 0 saturated heterocycles. The summed E-state index contributed by atoms with van der Waals surface area (Å²) in [5.41, 5.74) is 0. The van der Waals surface area contributed by atoms with Crippen LogP contribution in [-0.4, -0.2) is 28.1 Å². The quantitative estimate of drug-likeness (QED) is 0.769. The molecule has 0 amide bonds. The van der Waals surface area contributed by atoms with Crippen LogP contribution >= 0.6 is 11.3 Å². The summed E-state index contributed by atoms with van der Waals surface area (Å²) >= 11 is 1.35. The molecule has 0 radical (unpaired) electrons. The summed E-state index contributed by atoms with van der Waals surface area (Å²) in [6.45, 7) is 4.81. The molecule has 0 aliphatic carbocycles. The molecule has 0 aliphatic rings. The predicted octanol–water partition coefficient (Wildman–Crippen LogP) is 1.98. The van der Waals surface area contributed by atoms with E-state index in [1.807, 2.05) is 27.0 Å². The molecule has 0 aromatic carbocycles. The van der Waals surface area contributed by atoms with Crippen LogP contribution in [0.2, 0.25) is 0 Å². The second kappa shape index (κ2) is 7.23. The van der Waals surface area contributed by atoms with Crippen molar-refractivity contribution in [3.8, 4) is 0 Å². The van der Waals surface area contributed by atoms with E-state index >= 15 is 0 Å². The van der Waals surface area contributed by atoms with Gasteiger partial charge in [0.1, 0.15) is 4.21 Å². The lowest BCUT2D eigenvalue weighted by Gasteiger charge is -2.11. The Bertz CT molecular complexity index is 454. The smallest absolute Gasteiger partial charge is 0.250 e. The van der Waals surface area contributed by atoms with Gasteiger partial charge in [-0.25, -0.2) is 13.1 Å². The van der Waals surface area contributed by atoms with Gasteiger partial charge >= 0.3 is 0 Å². The van der Waals surface area contributed by atoms with Crippen molar-refractivity contribution in [2.24, 2.45) is 0 Å². The zero-order chi connectivity index (χ0) is 13.6. The minimum atomic E-state index is -3.34. The Kier molecular flexibility index (Phi) is 6.28. The minimum Gasteiger partial charge on any atom is -0.319 e. The molecule has 104 valence electrons. The van der Waals surface area contributed by atoms with Crippen molar-refractivity contribution in [2.45, 2.75) is 43.4 Å². The van der Waals surface area contributed by atoms with Gasteiger partial charge in [-0.3, -0.25) is 0 Å². The van der Waals surface area contributed by atoms with E-state index in [0.717, 1.165) is 30.7 Å². The Balaban J connectivity index is 2.69. The molecule has 0 bridgehead atoms. The molecular weight excluding hydrogens is 268 g/mol. The van der Waals surface area contributed by atoms with Gasteiger partial charge in [0, 0.05) is 10.9 Å². The van der Waals surface area contributed by atoms with Crippen molar-refractivity contribution in [1.29, 1.82) is 0 Å². The molecule has 1 atom stereocenters. The van der Waals surface area contributed by atoms with E-state index in [1.165, 1.54) is 11.3 Å². The number of rotatable bonds is 8. The van der Waals surface area contributed by atoms with E-state index in [-0.39, 0.29) is 6.04 Å². The molecule has 0 spiro atoms. The number of likely N-dealkylation sites (N-methyl/N-ethyl adjacent to an activating group) is 1. The normalized spacial score (nSPS) is 13.7. The summed E-state index contributed by atoms with van der Waals surface area (Å²) in [4.78, 5) is 1.09. The molecule has 1 aromatic rings. The van der Waals surface area contributed by atoms with E-state index in [9.17, 15) is 8.42 Å². The fraction of sp³-hybridized carbons (Fsp3) is 0.667. The number of thiophene rings is 1. The maximum atomic E-state index is 12.1. The standard InChI is InChI=1S/C12H22N2O2S2/c1-4-5-10(2)14-18(15,16)12-7-6-11(17-12)8-9-13-3/h6-7,10,13-14H,4-5,8-9H2,1-3H3. The van der Waals surface area contributed by atoms with Crippen molar-refractivity contribution in [2.75, 3.05) is 13.6 Å². The summed E-state index contributed by atoms with van der Waals surface area (Å²) in [7, 11) is -1.45. The lowest BCUT2D eigenvalue weighted by atomic mass is 10.2. The first-order valence-corrected chi connectivity index (χ1v) is 8.55. The van der Waals surface area contributed by atoms with Gasteiger partial charge in [0.2, 0.25) is 10.0 Å². The Morgan fingerprint density at radius 1 is 1.39 bits per heavy atom. The highest BCUT2D eigenvalue weighted by Crippen LogP contribution is 2.22. The Morgan fingerprint density at radius 2 is 2.11 bits per heavy atom. The predicted molar refractivity (Wildman–Crippen MR) is 76.6 cm³/mol. The van der Waals surface area contributed by atoms with E-state index in [2.05, 4.69) is 10.0 Å². The second-order valence-electron chi connectivity index (χ2n) is 4.39. The molecule has 0 fully saturated rings. The van der Waals surface area contributed by atoms with Crippen LogP contribution in [0.1, 0.15) is 31.6 Å². The van der Waals surface area contributed by atoms with Gasteiger partial charge in [-0.05, 0) is 45.5 Å². The summed E-state index contributed by atoms with van der Waals surface area (Å²) in [5.74, 6) is 0. The highest BCUT2D eigenvalue weighted by atomic mass is 32.2. The third kappa shape index (κ3) is 4.68. The Hall–Kier alpha value is -0.430. The molecule has 0 saturated carbocycles. The zero-order valence-electron chi connectivity index (χ0n) is 11.2. The SMILES string of the molecule is CCCC(C)NS(=O)(=O)c1ccc(CCNC)s1. The van der Waals surface area contributed by atoms with Crippen LogP contribution in [0.3, 0.4) is 0 Å². The van der Waals surface area contributed by atoms with E-state index in [4.69, 9.17) is 0 Å². The van der Waals surface area contributed by atoms with Crippen LogP contribution in [0, 0.1) is 0 Å². The maximum absolute atomic E-state index is 12.1. The van der Waals surface area contributed by atoms with Gasteiger partial charge in [-0.1, -0.05) is 13.3 Å². The van der Waals surface area contributed by atoms with Crippen LogP contribution in [0.25, 0.3) is 0 Å². The molecule has 1 aromatic heterocycles. The summed E-state index contributed by atoms with van der Waals surface area (Å²) in [6.07, 6.45) is 2.69. The Labute approximate surface area is 114 Å². The average Bonchev–Trinajstić information content (AvgIpc) is 2.75. The van der Waals surface area contributed by atoms with Crippen LogP contribution in [0.5, 0.6) is 0 Å². The monoisotopic (exact) mass is 290 g/mol. The summed E-state index contributed by atoms with van der Waals surface area (Å²) in [5, 5.41) is 3.05. The van der Waals surface area contributed by atoms with E-state index in [0.29, 0.717) is 4.21 Å². The van der Waals surface area contributed by atoms with Crippen LogP contribution in [0.15, 0.2) is 16.3 Å². The summed E-state index contributed by atoms with van der Waals surface area (Å²) < 4.78 is 27.3. The van der Waals surface area contributed by atoms with Gasteiger partial charge in [0.15, 0.2) is 0 Å². The fourth-order valence-corrected chi connectivity index (χ4v) is 4.35. The molecule has 1 unspecified atom stereocenters. The molecule has 1 rings (SSSR count). The third-order valence-corrected chi connectivity index (χ3v) is 5.83. The molecule has 2 N–H and O–H groups in total. The van der Waals surface area contributed by atoms with E-state index in [1.54, 1.807) is 6.07 Å². The highest BCUT2D eigenvalue weighted by Gasteiger charge is 2.18. The third-order valence-electron chi connectivity index (χ3n) is 2.60. The highest BCUT2D eigenvalue weighted by molar-refractivity contribution is 7.91. The molecule has 1 heterocycles. The van der Waals surface area contributed by atoms with Crippen molar-refractivity contribution in [1.82, 2.24) is 10.0 Å². The topological polar surface area (TPSA) is 58.2 Å². The summed E-state index contributed by atoms with van der Waals surface area (Å²) in [6, 6.07) is 3.57. The van der Waals surface area contributed by atoms with Crippen molar-refractivity contribution >= 4 is 21.4 Å². The molecule has 0 aliphatic heterocycles. The van der Waals surface area contributed by atoms with Crippen LogP contribution in [0.4, 0.5) is 0 Å². The molecule has 18 heavy (non-hydrogen) atoms. The zero-order valence-corrected chi connectivity index (χ0v) is 12.8. The van der Waals surface area contributed by atoms with E-state index < -0.39 is 10.0 Å². The van der Waals surface area contributed by atoms with Gasteiger partial charge in [-0.15, -0.1) is 11.3 Å². The fourth-order valence-electron chi connectivity index (χ4n) is 1.70. The first kappa shape index (κ1) is 15.6. The number of hydrogen-bond donors (Lipinski definition) is 2. The number of nitrogens with one attached hydrogen (secondary N) is 2. The largest absolute Gasteiger partial charge is 0.319 e. The first-order chi connectivity index (χ1) is 8.49. The molecule has 6 heteroatoms. The number of sulfonamides is 1. The Morgan fingerprint density at radius 3 is 2.72 bits per heavy atom. The van der Waals surface area contributed by atoms with Crippen molar-refractivity contribution in [3.63, 3.8) is 0 Å². The molecule has 4 nitrogen and oxygen atoms in total. The van der Waals surface area contributed by atoms with Gasteiger partial charge in [0.25, 0.3) is 0 Å². The van der Waals surface area contributed by atoms with Gasteiger partial charge in [-0.2, -0.15) is 0 Å². The maximum Gasteiger partial charge on any atom is 0.250 e. The van der Waals surface area contributed by atoms with Crippen LogP contribution < -0.4 is 10.0 Å². The van der Waals surface area contributed by atoms with Gasteiger partial charge < -0.3 is 5.32 Å². The lowest BCUT2D eigenvalue weighted by Crippen LogP contribution is -2.31. The average molecular weight is 290 g/mol. The van der Waals surface area contributed by atoms with Gasteiger partial charge in [0.05, 0.1) is 0 Å². The lowest BCUT2D eigenvalue weighted by molar-refractivity contribution is 0.545. The van der Waals surface area contributed by atoms with Crippen molar-refractivity contribution in [3.05, 3.63) is 17.0 Å². The minimum absolute atomic E-state index is 0.0112. The number of hydrogen-bond acceptors (Lipinski definition) is 4. The first-order valence-electron chi connectivity index (χ1n) is 6.25.